The molecule has 1 aromatic heterocycles. The number of nitrogen functional groups attached to an aromatic ring is 1. The van der Waals surface area contributed by atoms with Crippen LogP contribution in [0.4, 0.5) is 15.8 Å². The van der Waals surface area contributed by atoms with Gasteiger partial charge in [-0.3, -0.25) is 35.5 Å². The number of amides is 2. The number of aromatic nitrogens is 1. The summed E-state index contributed by atoms with van der Waals surface area (Å²) in [5.41, 5.74) is 7.81. The molecule has 2 amide bonds. The molecule has 0 fully saturated rings. The Morgan fingerprint density at radius 3 is 2.52 bits per heavy atom. The predicted octanol–water partition coefficient (Wildman–Crippen LogP) is 0.786. The molecule has 0 aliphatic carbocycles. The average molecular weight is 319 g/mol. The molecular weight excluding hydrogens is 309 g/mol. The standard InChI is InChI=1S/C13H10FN5O4/c14-7-5-8(11(15)10(6-7)19(22)23)12(20)17-18-13(21)9-3-1-2-4-16-9/h1-6H,15H2,(H,17,20)(H,18,21). The van der Waals surface area contributed by atoms with Crippen LogP contribution in [-0.4, -0.2) is 21.7 Å². The minimum Gasteiger partial charge on any atom is -0.393 e. The lowest BCUT2D eigenvalue weighted by Crippen LogP contribution is -2.42. The quantitative estimate of drug-likeness (QED) is 0.434. The molecule has 0 saturated heterocycles. The normalized spacial score (nSPS) is 9.96. The third kappa shape index (κ3) is 3.56. The molecule has 2 aromatic rings. The van der Waals surface area contributed by atoms with Crippen LogP contribution in [0.1, 0.15) is 20.8 Å². The summed E-state index contributed by atoms with van der Waals surface area (Å²) in [5.74, 6) is -2.73. The van der Waals surface area contributed by atoms with E-state index in [0.717, 1.165) is 6.07 Å². The molecule has 0 unspecified atom stereocenters. The summed E-state index contributed by atoms with van der Waals surface area (Å²) in [6, 6.07) is 5.89. The van der Waals surface area contributed by atoms with Gasteiger partial charge in [-0.1, -0.05) is 6.07 Å². The fourth-order valence-corrected chi connectivity index (χ4v) is 1.68. The van der Waals surface area contributed by atoms with Crippen molar-refractivity contribution in [2.45, 2.75) is 0 Å². The van der Waals surface area contributed by atoms with E-state index in [1.54, 1.807) is 12.1 Å². The number of hydrogen-bond acceptors (Lipinski definition) is 6. The highest BCUT2D eigenvalue weighted by atomic mass is 19.1. The fourth-order valence-electron chi connectivity index (χ4n) is 1.68. The lowest BCUT2D eigenvalue weighted by atomic mass is 10.1. The molecular formula is C13H10FN5O4. The molecule has 0 spiro atoms. The number of pyridine rings is 1. The minimum atomic E-state index is -1.01. The summed E-state index contributed by atoms with van der Waals surface area (Å²) in [6.07, 6.45) is 1.38. The highest BCUT2D eigenvalue weighted by molar-refractivity contribution is 6.02. The largest absolute Gasteiger partial charge is 0.393 e. The van der Waals surface area contributed by atoms with E-state index in [2.05, 4.69) is 4.98 Å². The van der Waals surface area contributed by atoms with Crippen LogP contribution in [0, 0.1) is 15.9 Å². The monoisotopic (exact) mass is 319 g/mol. The van der Waals surface area contributed by atoms with Crippen LogP contribution in [0.2, 0.25) is 0 Å². The van der Waals surface area contributed by atoms with E-state index >= 15 is 0 Å². The van der Waals surface area contributed by atoms with Gasteiger partial charge >= 0.3 is 0 Å². The molecule has 1 heterocycles. The van der Waals surface area contributed by atoms with Gasteiger partial charge in [0.1, 0.15) is 17.2 Å². The van der Waals surface area contributed by atoms with E-state index < -0.39 is 39.5 Å². The summed E-state index contributed by atoms with van der Waals surface area (Å²) in [7, 11) is 0. The van der Waals surface area contributed by atoms with Crippen LogP contribution >= 0.6 is 0 Å². The molecule has 118 valence electrons. The smallest absolute Gasteiger partial charge is 0.295 e. The summed E-state index contributed by atoms with van der Waals surface area (Å²) >= 11 is 0. The molecule has 0 aliphatic heterocycles. The van der Waals surface area contributed by atoms with Crippen molar-refractivity contribution in [2.24, 2.45) is 0 Å². The van der Waals surface area contributed by atoms with Gasteiger partial charge in [0.25, 0.3) is 17.5 Å². The maximum atomic E-state index is 13.4. The van der Waals surface area contributed by atoms with Crippen LogP contribution in [0.3, 0.4) is 0 Å². The van der Waals surface area contributed by atoms with E-state index in [4.69, 9.17) is 5.73 Å². The van der Waals surface area contributed by atoms with Crippen molar-refractivity contribution in [3.05, 3.63) is 63.7 Å². The molecule has 2 rings (SSSR count). The van der Waals surface area contributed by atoms with Crippen molar-refractivity contribution < 1.29 is 18.9 Å². The van der Waals surface area contributed by atoms with Crippen molar-refractivity contribution >= 4 is 23.2 Å². The number of nitrogens with zero attached hydrogens (tertiary/aromatic N) is 2. The Bertz CT molecular complexity index is 781. The van der Waals surface area contributed by atoms with Crippen LogP contribution in [0.5, 0.6) is 0 Å². The topological polar surface area (TPSA) is 140 Å². The van der Waals surface area contributed by atoms with Crippen LogP contribution < -0.4 is 16.6 Å². The first-order valence-electron chi connectivity index (χ1n) is 6.15. The first-order valence-corrected chi connectivity index (χ1v) is 6.15. The van der Waals surface area contributed by atoms with Gasteiger partial charge in [-0.05, 0) is 18.2 Å². The van der Waals surface area contributed by atoms with Gasteiger partial charge in [0.05, 0.1) is 16.6 Å². The number of nitrogens with two attached hydrogens (primary N) is 1. The number of rotatable bonds is 3. The van der Waals surface area contributed by atoms with Gasteiger partial charge in [0, 0.05) is 6.20 Å². The van der Waals surface area contributed by atoms with E-state index in [-0.39, 0.29) is 5.69 Å². The van der Waals surface area contributed by atoms with Crippen LogP contribution in [0.25, 0.3) is 0 Å². The van der Waals surface area contributed by atoms with E-state index in [1.807, 2.05) is 10.9 Å². The second kappa shape index (κ2) is 6.47. The molecule has 0 radical (unpaired) electrons. The maximum absolute atomic E-state index is 13.4. The van der Waals surface area contributed by atoms with E-state index in [1.165, 1.54) is 12.3 Å². The highest BCUT2D eigenvalue weighted by Gasteiger charge is 2.22. The van der Waals surface area contributed by atoms with Crippen molar-refractivity contribution in [1.82, 2.24) is 15.8 Å². The van der Waals surface area contributed by atoms with Crippen molar-refractivity contribution in [3.8, 4) is 0 Å². The minimum absolute atomic E-state index is 0.0333. The van der Waals surface area contributed by atoms with Gasteiger partial charge in [-0.2, -0.15) is 0 Å². The average Bonchev–Trinajstić information content (AvgIpc) is 2.54. The first-order chi connectivity index (χ1) is 10.9. The lowest BCUT2D eigenvalue weighted by Gasteiger charge is -2.09. The Morgan fingerprint density at radius 2 is 1.91 bits per heavy atom. The van der Waals surface area contributed by atoms with E-state index in [0.29, 0.717) is 6.07 Å². The van der Waals surface area contributed by atoms with Gasteiger partial charge in [-0.15, -0.1) is 0 Å². The van der Waals surface area contributed by atoms with Crippen LogP contribution in [-0.2, 0) is 0 Å². The number of carbonyl (C=O) groups excluding carboxylic acids is 2. The first kappa shape index (κ1) is 15.8. The van der Waals surface area contributed by atoms with Gasteiger partial charge < -0.3 is 5.73 Å². The number of anilines is 1. The molecule has 23 heavy (non-hydrogen) atoms. The Morgan fingerprint density at radius 1 is 1.22 bits per heavy atom. The fraction of sp³-hybridized carbons (Fsp3) is 0. The molecule has 0 bridgehead atoms. The molecule has 0 aliphatic rings. The predicted molar refractivity (Wildman–Crippen MR) is 76.6 cm³/mol. The van der Waals surface area contributed by atoms with Crippen molar-refractivity contribution in [3.63, 3.8) is 0 Å². The number of nitro groups is 1. The molecule has 0 atom stereocenters. The van der Waals surface area contributed by atoms with Gasteiger partial charge in [0.2, 0.25) is 0 Å². The highest BCUT2D eigenvalue weighted by Crippen LogP contribution is 2.26. The number of benzene rings is 1. The number of carbonyl (C=O) groups is 2. The summed E-state index contributed by atoms with van der Waals surface area (Å²) < 4.78 is 13.4. The van der Waals surface area contributed by atoms with Crippen molar-refractivity contribution in [1.29, 1.82) is 0 Å². The molecule has 0 saturated carbocycles. The molecule has 4 N–H and O–H groups in total. The SMILES string of the molecule is Nc1c(C(=O)NNC(=O)c2ccccn2)cc(F)cc1[N+](=O)[O-]. The number of halogens is 1. The van der Waals surface area contributed by atoms with Gasteiger partial charge in [0.15, 0.2) is 0 Å². The number of hydrogen-bond donors (Lipinski definition) is 3. The Kier molecular flexibility index (Phi) is 4.45. The maximum Gasteiger partial charge on any atom is 0.295 e. The summed E-state index contributed by atoms with van der Waals surface area (Å²) in [4.78, 5) is 37.2. The zero-order chi connectivity index (χ0) is 17.0. The van der Waals surface area contributed by atoms with Crippen molar-refractivity contribution in [2.75, 3.05) is 5.73 Å². The number of nitro benzene ring substituents is 1. The number of nitrogens with one attached hydrogen (secondary N) is 2. The second-order valence-corrected chi connectivity index (χ2v) is 4.27. The van der Waals surface area contributed by atoms with Gasteiger partial charge in [-0.25, -0.2) is 4.39 Å². The zero-order valence-corrected chi connectivity index (χ0v) is 11.4. The Balaban J connectivity index is 2.15. The molecule has 1 aromatic carbocycles. The second-order valence-electron chi connectivity index (χ2n) is 4.27. The third-order valence-corrected chi connectivity index (χ3v) is 2.75. The number of hydrazine groups is 1. The summed E-state index contributed by atoms with van der Waals surface area (Å²) in [6.45, 7) is 0. The Labute approximate surface area is 128 Å². The molecule has 10 heteroatoms. The lowest BCUT2D eigenvalue weighted by molar-refractivity contribution is -0.384. The summed E-state index contributed by atoms with van der Waals surface area (Å²) in [5, 5.41) is 10.7. The third-order valence-electron chi connectivity index (χ3n) is 2.75. The Hall–Kier alpha value is -3.56. The van der Waals surface area contributed by atoms with Crippen LogP contribution in [0.15, 0.2) is 36.5 Å². The van der Waals surface area contributed by atoms with E-state index in [9.17, 15) is 24.1 Å². The zero-order valence-electron chi connectivity index (χ0n) is 11.4. The molecule has 9 nitrogen and oxygen atoms in total.